The highest BCUT2D eigenvalue weighted by Crippen LogP contribution is 2.31. The number of aromatic nitrogens is 3. The fourth-order valence-electron chi connectivity index (χ4n) is 2.43. The van der Waals surface area contributed by atoms with E-state index in [0.29, 0.717) is 5.65 Å². The average Bonchev–Trinajstić information content (AvgIpc) is 3.04. The predicted molar refractivity (Wildman–Crippen MR) is 90.6 cm³/mol. The van der Waals surface area contributed by atoms with Gasteiger partial charge in [-0.15, -0.1) is 0 Å². The van der Waals surface area contributed by atoms with Crippen molar-refractivity contribution < 1.29 is 9.50 Å². The quantitative estimate of drug-likeness (QED) is 0.602. The molecule has 0 atom stereocenters. The summed E-state index contributed by atoms with van der Waals surface area (Å²) in [6, 6.07) is 18.1. The molecule has 2 heterocycles. The van der Waals surface area contributed by atoms with Crippen LogP contribution in [0.3, 0.4) is 0 Å². The number of nitrogens with zero attached hydrogens (tertiary/aromatic N) is 3. The Bertz CT molecular complexity index is 1000. The fraction of sp³-hybridized carbons (Fsp3) is 0. The summed E-state index contributed by atoms with van der Waals surface area (Å²) < 4.78 is 14.4. The van der Waals surface area contributed by atoms with Crippen LogP contribution in [0.2, 0.25) is 0 Å². The maximum atomic E-state index is 13.3. The second kappa shape index (κ2) is 5.98. The summed E-state index contributed by atoms with van der Waals surface area (Å²) in [4.78, 5) is 6.31. The highest BCUT2D eigenvalue weighted by Gasteiger charge is 2.13. The summed E-state index contributed by atoms with van der Waals surface area (Å²) in [6.07, 6.45) is 2.57. The molecule has 118 valence electrons. The molecule has 1 N–H and O–H groups in total. The number of hydrogen-bond acceptors (Lipinski definition) is 4. The van der Waals surface area contributed by atoms with Crippen LogP contribution >= 0.6 is 11.8 Å². The summed E-state index contributed by atoms with van der Waals surface area (Å²) in [5, 5.41) is 13.7. The molecule has 0 aliphatic heterocycles. The molecule has 0 unspecified atom stereocenters. The van der Waals surface area contributed by atoms with Gasteiger partial charge < -0.3 is 5.11 Å². The molecule has 0 saturated heterocycles. The molecular formula is C18H12FN3OS. The zero-order chi connectivity index (χ0) is 16.5. The second-order valence-corrected chi connectivity index (χ2v) is 6.31. The molecule has 0 amide bonds. The van der Waals surface area contributed by atoms with Crippen LogP contribution in [0.4, 0.5) is 4.39 Å². The smallest absolute Gasteiger partial charge is 0.252 e. The van der Waals surface area contributed by atoms with Crippen LogP contribution in [0.1, 0.15) is 0 Å². The third kappa shape index (κ3) is 2.61. The molecule has 6 heteroatoms. The lowest BCUT2D eigenvalue weighted by molar-refractivity contribution is 0.394. The van der Waals surface area contributed by atoms with Crippen molar-refractivity contribution in [3.05, 3.63) is 72.8 Å². The molecule has 0 aliphatic carbocycles. The van der Waals surface area contributed by atoms with Gasteiger partial charge >= 0.3 is 0 Å². The monoisotopic (exact) mass is 337 g/mol. The van der Waals surface area contributed by atoms with Crippen molar-refractivity contribution in [3.63, 3.8) is 0 Å². The van der Waals surface area contributed by atoms with Gasteiger partial charge in [0, 0.05) is 15.4 Å². The molecule has 4 rings (SSSR count). The zero-order valence-corrected chi connectivity index (χ0v) is 13.2. The van der Waals surface area contributed by atoms with Gasteiger partial charge in [0.2, 0.25) is 5.82 Å². The Balaban J connectivity index is 1.67. The highest BCUT2D eigenvalue weighted by molar-refractivity contribution is 7.99. The van der Waals surface area contributed by atoms with E-state index in [1.807, 2.05) is 42.5 Å². The number of fused-ring (bicyclic) bond motifs is 1. The molecule has 0 aliphatic rings. The highest BCUT2D eigenvalue weighted by atomic mass is 32.2. The molecule has 0 spiro atoms. The number of benzene rings is 2. The van der Waals surface area contributed by atoms with E-state index in [1.54, 1.807) is 18.0 Å². The fourth-order valence-corrected chi connectivity index (χ4v) is 3.27. The lowest BCUT2D eigenvalue weighted by Gasteiger charge is -2.04. The minimum Gasteiger partial charge on any atom is -0.491 e. The lowest BCUT2D eigenvalue weighted by Crippen LogP contribution is -1.94. The van der Waals surface area contributed by atoms with Crippen molar-refractivity contribution in [1.82, 2.24) is 14.6 Å². The molecule has 2 aromatic carbocycles. The van der Waals surface area contributed by atoms with E-state index in [9.17, 15) is 9.50 Å². The molecule has 0 fully saturated rings. The topological polar surface area (TPSA) is 50.4 Å². The zero-order valence-electron chi connectivity index (χ0n) is 12.4. The Morgan fingerprint density at radius 1 is 0.917 bits per heavy atom. The standard InChI is InChI=1S/C18H12FN3OS/c19-16-11-20-17-15(10-21-22(17)18(16)23)12-6-8-14(9-7-12)24-13-4-2-1-3-5-13/h1-11,23H. The van der Waals surface area contributed by atoms with Crippen molar-refractivity contribution in [2.24, 2.45) is 0 Å². The van der Waals surface area contributed by atoms with E-state index < -0.39 is 11.7 Å². The van der Waals surface area contributed by atoms with Gasteiger partial charge in [-0.1, -0.05) is 42.1 Å². The van der Waals surface area contributed by atoms with Gasteiger partial charge in [0.1, 0.15) is 0 Å². The third-order valence-corrected chi connectivity index (χ3v) is 4.62. The Labute approximate surface area is 141 Å². The first-order chi connectivity index (χ1) is 11.7. The van der Waals surface area contributed by atoms with Gasteiger partial charge in [-0.25, -0.2) is 4.98 Å². The Morgan fingerprint density at radius 3 is 2.38 bits per heavy atom. The maximum Gasteiger partial charge on any atom is 0.252 e. The van der Waals surface area contributed by atoms with Crippen LogP contribution in [0.25, 0.3) is 16.8 Å². The maximum absolute atomic E-state index is 13.3. The van der Waals surface area contributed by atoms with Gasteiger partial charge in [0.25, 0.3) is 5.88 Å². The van der Waals surface area contributed by atoms with Crippen molar-refractivity contribution in [2.75, 3.05) is 0 Å². The third-order valence-electron chi connectivity index (χ3n) is 3.60. The molecule has 2 aromatic heterocycles. The van der Waals surface area contributed by atoms with Crippen LogP contribution < -0.4 is 0 Å². The van der Waals surface area contributed by atoms with Gasteiger partial charge in [-0.2, -0.15) is 14.0 Å². The normalized spacial score (nSPS) is 11.0. The second-order valence-electron chi connectivity index (χ2n) is 5.16. The molecule has 4 aromatic rings. The van der Waals surface area contributed by atoms with Gasteiger partial charge in [0.15, 0.2) is 5.65 Å². The van der Waals surface area contributed by atoms with Crippen molar-refractivity contribution >= 4 is 17.4 Å². The molecule has 0 bridgehead atoms. The van der Waals surface area contributed by atoms with Crippen LogP contribution in [0.5, 0.6) is 5.88 Å². The summed E-state index contributed by atoms with van der Waals surface area (Å²) >= 11 is 1.68. The largest absolute Gasteiger partial charge is 0.491 e. The van der Waals surface area contributed by atoms with E-state index in [4.69, 9.17) is 0 Å². The van der Waals surface area contributed by atoms with Gasteiger partial charge in [-0.05, 0) is 29.8 Å². The van der Waals surface area contributed by atoms with Crippen molar-refractivity contribution in [3.8, 4) is 17.0 Å². The van der Waals surface area contributed by atoms with E-state index >= 15 is 0 Å². The first-order valence-corrected chi connectivity index (χ1v) is 8.08. The van der Waals surface area contributed by atoms with E-state index in [0.717, 1.165) is 26.7 Å². The van der Waals surface area contributed by atoms with Gasteiger partial charge in [0.05, 0.1) is 12.4 Å². The first-order valence-electron chi connectivity index (χ1n) is 7.27. The molecule has 24 heavy (non-hydrogen) atoms. The predicted octanol–water partition coefficient (Wildman–Crippen LogP) is 4.39. The van der Waals surface area contributed by atoms with Crippen LogP contribution in [-0.4, -0.2) is 19.7 Å². The average molecular weight is 337 g/mol. The first kappa shape index (κ1) is 14.7. The minimum absolute atomic E-state index is 0.414. The number of hydrogen-bond donors (Lipinski definition) is 1. The van der Waals surface area contributed by atoms with Crippen LogP contribution in [0, 0.1) is 5.82 Å². The Kier molecular flexibility index (Phi) is 3.66. The number of rotatable bonds is 3. The van der Waals surface area contributed by atoms with Crippen molar-refractivity contribution in [1.29, 1.82) is 0 Å². The Hall–Kier alpha value is -2.86. The van der Waals surface area contributed by atoms with E-state index in [2.05, 4.69) is 22.2 Å². The minimum atomic E-state index is -0.799. The molecular weight excluding hydrogens is 325 g/mol. The van der Waals surface area contributed by atoms with E-state index in [1.165, 1.54) is 4.90 Å². The molecule has 0 radical (unpaired) electrons. The number of aromatic hydroxyl groups is 1. The summed E-state index contributed by atoms with van der Waals surface area (Å²) in [5.74, 6) is -1.34. The molecule has 0 saturated carbocycles. The lowest BCUT2D eigenvalue weighted by atomic mass is 10.1. The Morgan fingerprint density at radius 2 is 1.62 bits per heavy atom. The summed E-state index contributed by atoms with van der Waals surface area (Å²) in [6.45, 7) is 0. The van der Waals surface area contributed by atoms with Gasteiger partial charge in [-0.3, -0.25) is 0 Å². The van der Waals surface area contributed by atoms with E-state index in [-0.39, 0.29) is 0 Å². The summed E-state index contributed by atoms with van der Waals surface area (Å²) in [7, 11) is 0. The van der Waals surface area contributed by atoms with Crippen LogP contribution in [-0.2, 0) is 0 Å². The summed E-state index contributed by atoms with van der Waals surface area (Å²) in [5.41, 5.74) is 2.06. The van der Waals surface area contributed by atoms with Crippen molar-refractivity contribution in [2.45, 2.75) is 9.79 Å². The van der Waals surface area contributed by atoms with Crippen LogP contribution in [0.15, 0.2) is 76.8 Å². The number of halogens is 1. The molecule has 4 nitrogen and oxygen atoms in total. The SMILES string of the molecule is Oc1c(F)cnc2c(-c3ccc(Sc4ccccc4)cc3)cnn12.